The van der Waals surface area contributed by atoms with Gasteiger partial charge in [0.15, 0.2) is 5.58 Å². The number of esters is 2. The van der Waals surface area contributed by atoms with E-state index in [2.05, 4.69) is 34.2 Å². The van der Waals surface area contributed by atoms with Gasteiger partial charge in [-0.2, -0.15) is 5.26 Å². The molecule has 0 bridgehead atoms. The van der Waals surface area contributed by atoms with Gasteiger partial charge in [0, 0.05) is 70.3 Å². The Hall–Kier alpha value is -5.82. The molecule has 242 valence electrons. The van der Waals surface area contributed by atoms with Crippen molar-refractivity contribution in [1.82, 2.24) is 9.97 Å². The minimum atomic E-state index is -0.226. The average Bonchev–Trinajstić information content (AvgIpc) is 3.81. The summed E-state index contributed by atoms with van der Waals surface area (Å²) < 4.78 is 23.4. The molecule has 48 heavy (non-hydrogen) atoms. The van der Waals surface area contributed by atoms with Crippen LogP contribution in [-0.4, -0.2) is 48.2 Å². The zero-order valence-electron chi connectivity index (χ0n) is 26.8. The molecule has 0 spiro atoms. The monoisotopic (exact) mass is 642 g/mol. The third-order valence-corrected chi connectivity index (χ3v) is 8.55. The van der Waals surface area contributed by atoms with Crippen LogP contribution in [0, 0.1) is 11.3 Å². The Morgan fingerprint density at radius 2 is 1.56 bits per heavy atom. The molecule has 0 aliphatic rings. The Bertz CT molecular complexity index is 2320. The number of oxazole rings is 1. The Balaban J connectivity index is 1.35. The molecule has 0 radical (unpaired) electrons. The molecule has 0 aliphatic carbocycles. The highest BCUT2D eigenvalue weighted by atomic mass is 16.5. The van der Waals surface area contributed by atoms with E-state index in [1.807, 2.05) is 36.4 Å². The van der Waals surface area contributed by atoms with Crippen LogP contribution in [0.25, 0.3) is 66.3 Å². The van der Waals surface area contributed by atoms with Crippen LogP contribution in [-0.2, 0) is 19.1 Å². The number of fused-ring (bicyclic) bond motifs is 10. The molecule has 0 atom stereocenters. The molecule has 0 amide bonds. The molecular weight excluding hydrogens is 608 g/mol. The van der Waals surface area contributed by atoms with Crippen molar-refractivity contribution >= 4 is 72.5 Å². The van der Waals surface area contributed by atoms with E-state index in [1.54, 1.807) is 26.0 Å². The first-order valence-corrected chi connectivity index (χ1v) is 16.2. The lowest BCUT2D eigenvalue weighted by Gasteiger charge is -2.24. The molecule has 0 saturated carbocycles. The highest BCUT2D eigenvalue weighted by Gasteiger charge is 2.24. The number of H-pyrrole nitrogens is 1. The van der Waals surface area contributed by atoms with Crippen LogP contribution in [0.2, 0.25) is 0 Å². The summed E-state index contributed by atoms with van der Waals surface area (Å²) in [5.74, 6) is -0.0238. The van der Waals surface area contributed by atoms with Crippen molar-refractivity contribution in [2.45, 2.75) is 39.5 Å². The summed E-state index contributed by atoms with van der Waals surface area (Å²) >= 11 is 0. The lowest BCUT2D eigenvalue weighted by molar-refractivity contribution is -0.144. The van der Waals surface area contributed by atoms with E-state index in [9.17, 15) is 14.9 Å². The number of nitrogens with one attached hydrogen (secondary N) is 1. The van der Waals surface area contributed by atoms with E-state index in [0.29, 0.717) is 85.7 Å². The van der Waals surface area contributed by atoms with Crippen molar-refractivity contribution in [2.75, 3.05) is 31.2 Å². The zero-order chi connectivity index (χ0) is 33.2. The van der Waals surface area contributed by atoms with Gasteiger partial charge in [0.2, 0.25) is 11.5 Å². The normalized spacial score (nSPS) is 11.5. The zero-order valence-corrected chi connectivity index (χ0v) is 26.8. The Labute approximate surface area is 275 Å². The van der Waals surface area contributed by atoms with Crippen LogP contribution in [0.3, 0.4) is 0 Å². The number of carbonyl (C=O) groups is 2. The smallest absolute Gasteiger partial charge is 0.305 e. The molecule has 3 heterocycles. The van der Waals surface area contributed by atoms with Gasteiger partial charge >= 0.3 is 11.9 Å². The fourth-order valence-corrected chi connectivity index (χ4v) is 6.39. The Kier molecular flexibility index (Phi) is 8.42. The maximum atomic E-state index is 12.1. The van der Waals surface area contributed by atoms with Crippen LogP contribution < -0.4 is 4.90 Å². The highest BCUT2D eigenvalue weighted by molar-refractivity contribution is 6.34. The summed E-state index contributed by atoms with van der Waals surface area (Å²) in [6.45, 7) is 5.49. The van der Waals surface area contributed by atoms with Crippen LogP contribution in [0.15, 0.2) is 75.6 Å². The Morgan fingerprint density at radius 1 is 0.854 bits per heavy atom. The molecule has 0 fully saturated rings. The van der Waals surface area contributed by atoms with E-state index < -0.39 is 0 Å². The molecule has 0 aliphatic heterocycles. The Morgan fingerprint density at radius 3 is 2.25 bits per heavy atom. The topological polar surface area (TPSA) is 135 Å². The van der Waals surface area contributed by atoms with Crippen molar-refractivity contribution < 1.29 is 27.9 Å². The number of anilines is 1. The van der Waals surface area contributed by atoms with Crippen molar-refractivity contribution in [3.63, 3.8) is 0 Å². The van der Waals surface area contributed by atoms with Gasteiger partial charge in [-0.25, -0.2) is 4.98 Å². The lowest BCUT2D eigenvalue weighted by Crippen LogP contribution is -2.27. The van der Waals surface area contributed by atoms with Crippen molar-refractivity contribution in [2.24, 2.45) is 0 Å². The summed E-state index contributed by atoms with van der Waals surface area (Å²) in [7, 11) is 0. The number of hydrogen-bond donors (Lipinski definition) is 1. The van der Waals surface area contributed by atoms with E-state index in [0.717, 1.165) is 43.8 Å². The van der Waals surface area contributed by atoms with Gasteiger partial charge in [-0.3, -0.25) is 9.59 Å². The molecule has 3 aromatic heterocycles. The molecule has 7 aromatic rings. The summed E-state index contributed by atoms with van der Waals surface area (Å²) in [5.41, 5.74) is 6.52. The molecule has 10 heteroatoms. The summed E-state index contributed by atoms with van der Waals surface area (Å²) in [6, 6.07) is 23.5. The number of hydrogen-bond acceptors (Lipinski definition) is 9. The second kappa shape index (κ2) is 13.1. The van der Waals surface area contributed by atoms with Gasteiger partial charge in [0.05, 0.1) is 30.4 Å². The fraction of sp³-hybridized carbons (Fsp3) is 0.263. The molecule has 10 nitrogen and oxygen atoms in total. The van der Waals surface area contributed by atoms with Crippen LogP contribution >= 0.6 is 0 Å². The van der Waals surface area contributed by atoms with Gasteiger partial charge in [-0.1, -0.05) is 18.2 Å². The summed E-state index contributed by atoms with van der Waals surface area (Å²) in [6.07, 6.45) is 1.81. The number of aromatic amines is 1. The molecule has 7 rings (SSSR count). The number of furan rings is 1. The highest BCUT2D eigenvalue weighted by Crippen LogP contribution is 2.45. The number of nitriles is 1. The number of rotatable bonds is 12. The first-order chi connectivity index (χ1) is 23.5. The number of para-hydroxylation sites is 1. The van der Waals surface area contributed by atoms with Crippen molar-refractivity contribution in [1.29, 1.82) is 5.26 Å². The predicted octanol–water partition coefficient (Wildman–Crippen LogP) is 8.39. The minimum absolute atomic E-state index is 0.226. The largest absolute Gasteiger partial charge is 0.466 e. The van der Waals surface area contributed by atoms with E-state index in [1.165, 1.54) is 0 Å². The first kappa shape index (κ1) is 30.8. The van der Waals surface area contributed by atoms with E-state index >= 15 is 0 Å². The predicted molar refractivity (Wildman–Crippen MR) is 185 cm³/mol. The van der Waals surface area contributed by atoms with E-state index in [-0.39, 0.29) is 11.9 Å². The van der Waals surface area contributed by atoms with Gasteiger partial charge in [0.25, 0.3) is 0 Å². The molecule has 4 aromatic carbocycles. The van der Waals surface area contributed by atoms with E-state index in [4.69, 9.17) is 23.3 Å². The fourth-order valence-electron chi connectivity index (χ4n) is 6.39. The maximum absolute atomic E-state index is 12.1. The van der Waals surface area contributed by atoms with Gasteiger partial charge in [-0.05, 0) is 69.2 Å². The second-order valence-electron chi connectivity index (χ2n) is 11.6. The quantitative estimate of drug-likeness (QED) is 0.130. The number of benzene rings is 4. The number of ether oxygens (including phenoxy) is 2. The third-order valence-electron chi connectivity index (χ3n) is 8.55. The lowest BCUT2D eigenvalue weighted by atomic mass is 10.0. The maximum Gasteiger partial charge on any atom is 0.305 e. The van der Waals surface area contributed by atoms with Crippen LogP contribution in [0.4, 0.5) is 5.69 Å². The van der Waals surface area contributed by atoms with Gasteiger partial charge in [-0.15, -0.1) is 0 Å². The summed E-state index contributed by atoms with van der Waals surface area (Å²) in [5, 5.41) is 13.2. The molecule has 1 N–H and O–H groups in total. The summed E-state index contributed by atoms with van der Waals surface area (Å²) in [4.78, 5) is 34.8. The minimum Gasteiger partial charge on any atom is -0.466 e. The molecule has 0 saturated heterocycles. The number of carbonyl (C=O) groups excluding carboxylic acids is 2. The standard InChI is InChI=1S/C38H34N4O6/c1-3-45-30(43)11-7-19-42(20-8-12-31(44)46-4-2)25-17-18-27-29(21-25)47-36-33(27)32-26-9-5-6-10-28(26)40-34(32)35-37(36)48-38(41-35)24-15-13-23(22-39)14-16-24/h5-6,9-10,13-18,21,40H,3-4,7-8,11-12,19-20H2,1-2H3. The van der Waals surface area contributed by atoms with Crippen LogP contribution in [0.1, 0.15) is 45.1 Å². The van der Waals surface area contributed by atoms with Gasteiger partial charge in [0.1, 0.15) is 11.1 Å². The van der Waals surface area contributed by atoms with Crippen molar-refractivity contribution in [3.8, 4) is 17.5 Å². The third kappa shape index (κ3) is 5.68. The number of nitrogens with zero attached hydrogens (tertiary/aromatic N) is 3. The average molecular weight is 643 g/mol. The van der Waals surface area contributed by atoms with Crippen LogP contribution in [0.5, 0.6) is 0 Å². The molecule has 0 unspecified atom stereocenters. The first-order valence-electron chi connectivity index (χ1n) is 16.2. The van der Waals surface area contributed by atoms with Gasteiger partial charge < -0.3 is 28.2 Å². The molecular formula is C38H34N4O6. The SMILES string of the molecule is CCOC(=O)CCCN(CCCC(=O)OCC)c1ccc2c(c1)oc1c3oc(-c4ccc(C#N)cc4)nc3c3[nH]c4ccccc4c3c21. The second-order valence-corrected chi connectivity index (χ2v) is 11.6. The van der Waals surface area contributed by atoms with Crippen molar-refractivity contribution in [3.05, 3.63) is 72.3 Å². The number of aromatic nitrogens is 2.